The molecule has 0 bridgehead atoms. The minimum Gasteiger partial charge on any atom is -0.396 e. The summed E-state index contributed by atoms with van der Waals surface area (Å²) in [4.78, 5) is 13.9. The predicted molar refractivity (Wildman–Crippen MR) is 71.5 cm³/mol. The number of hydrogen-bond acceptors (Lipinski definition) is 2. The largest absolute Gasteiger partial charge is 0.396 e. The summed E-state index contributed by atoms with van der Waals surface area (Å²) in [5, 5.41) is 11.4. The molecule has 1 saturated carbocycles. The molecule has 1 aromatic carbocycles. The maximum absolute atomic E-state index is 13.5. The van der Waals surface area contributed by atoms with Crippen LogP contribution in [-0.4, -0.2) is 35.2 Å². The second-order valence-electron chi connectivity index (χ2n) is 4.77. The summed E-state index contributed by atoms with van der Waals surface area (Å²) in [6.07, 6.45) is 3.45. The van der Waals surface area contributed by atoms with E-state index in [1.807, 2.05) is 0 Å². The molecular formula is C14H19FN2O2. The highest BCUT2D eigenvalue weighted by Crippen LogP contribution is 2.28. The van der Waals surface area contributed by atoms with Crippen molar-refractivity contribution < 1.29 is 14.3 Å². The molecule has 0 unspecified atom stereocenters. The van der Waals surface area contributed by atoms with Crippen LogP contribution < -0.4 is 5.32 Å². The lowest BCUT2D eigenvalue weighted by molar-refractivity contribution is 0.204. The molecule has 0 spiro atoms. The zero-order valence-electron chi connectivity index (χ0n) is 10.8. The van der Waals surface area contributed by atoms with Gasteiger partial charge in [0.2, 0.25) is 0 Å². The van der Waals surface area contributed by atoms with E-state index in [4.69, 9.17) is 5.11 Å². The Morgan fingerprint density at radius 1 is 1.37 bits per heavy atom. The fourth-order valence-electron chi connectivity index (χ4n) is 1.98. The Morgan fingerprint density at radius 3 is 2.74 bits per heavy atom. The van der Waals surface area contributed by atoms with Crippen molar-refractivity contribution in [2.75, 3.05) is 18.5 Å². The molecule has 0 radical (unpaired) electrons. The number of para-hydroxylation sites is 1. The highest BCUT2D eigenvalue weighted by atomic mass is 19.1. The Kier molecular flexibility index (Phi) is 4.74. The van der Waals surface area contributed by atoms with Gasteiger partial charge in [0.05, 0.1) is 5.69 Å². The molecule has 104 valence electrons. The van der Waals surface area contributed by atoms with Gasteiger partial charge >= 0.3 is 6.03 Å². The molecule has 2 rings (SSSR count). The van der Waals surface area contributed by atoms with Gasteiger partial charge < -0.3 is 15.3 Å². The molecule has 1 aliphatic rings. The maximum Gasteiger partial charge on any atom is 0.322 e. The maximum atomic E-state index is 13.5. The standard InChI is InChI=1S/C14H19FN2O2/c15-12-5-1-2-6-13(12)16-14(19)17(11-7-8-11)9-3-4-10-18/h1-2,5-6,11,18H,3-4,7-10H2,(H,16,19). The number of aliphatic hydroxyl groups is 1. The lowest BCUT2D eigenvalue weighted by atomic mass is 10.3. The number of nitrogens with zero attached hydrogens (tertiary/aromatic N) is 1. The molecule has 0 aromatic heterocycles. The number of anilines is 1. The van der Waals surface area contributed by atoms with Crippen LogP contribution in [0.25, 0.3) is 0 Å². The Bertz CT molecular complexity index is 435. The number of carbonyl (C=O) groups excluding carboxylic acids is 1. The van der Waals surface area contributed by atoms with Crippen molar-refractivity contribution in [1.29, 1.82) is 0 Å². The second kappa shape index (κ2) is 6.52. The van der Waals surface area contributed by atoms with Crippen LogP contribution in [0.2, 0.25) is 0 Å². The van der Waals surface area contributed by atoms with Gasteiger partial charge in [-0.2, -0.15) is 0 Å². The molecule has 1 fully saturated rings. The fraction of sp³-hybridized carbons (Fsp3) is 0.500. The molecular weight excluding hydrogens is 247 g/mol. The summed E-state index contributed by atoms with van der Waals surface area (Å²) in [7, 11) is 0. The second-order valence-corrected chi connectivity index (χ2v) is 4.77. The van der Waals surface area contributed by atoms with Crippen molar-refractivity contribution >= 4 is 11.7 Å². The minimum atomic E-state index is -0.429. The van der Waals surface area contributed by atoms with Crippen LogP contribution in [0.5, 0.6) is 0 Å². The van der Waals surface area contributed by atoms with E-state index >= 15 is 0 Å². The SMILES string of the molecule is O=C(Nc1ccccc1F)N(CCCCO)C1CC1. The smallest absolute Gasteiger partial charge is 0.322 e. The van der Waals surface area contributed by atoms with Gasteiger partial charge in [0.25, 0.3) is 0 Å². The fourth-order valence-corrected chi connectivity index (χ4v) is 1.98. The van der Waals surface area contributed by atoms with Crippen molar-refractivity contribution in [1.82, 2.24) is 4.90 Å². The van der Waals surface area contributed by atoms with E-state index in [1.54, 1.807) is 23.1 Å². The van der Waals surface area contributed by atoms with Crippen LogP contribution in [-0.2, 0) is 0 Å². The van der Waals surface area contributed by atoms with Crippen LogP contribution in [0.4, 0.5) is 14.9 Å². The molecule has 19 heavy (non-hydrogen) atoms. The molecule has 0 heterocycles. The number of halogens is 1. The topological polar surface area (TPSA) is 52.6 Å². The molecule has 2 amide bonds. The average molecular weight is 266 g/mol. The minimum absolute atomic E-state index is 0.132. The van der Waals surface area contributed by atoms with E-state index in [1.165, 1.54) is 6.07 Å². The number of amides is 2. The van der Waals surface area contributed by atoms with Gasteiger partial charge in [-0.15, -0.1) is 0 Å². The quantitative estimate of drug-likeness (QED) is 0.778. The summed E-state index contributed by atoms with van der Waals surface area (Å²) in [6, 6.07) is 6.15. The highest BCUT2D eigenvalue weighted by Gasteiger charge is 2.32. The summed E-state index contributed by atoms with van der Waals surface area (Å²) in [5.74, 6) is -0.429. The van der Waals surface area contributed by atoms with Gasteiger partial charge in [-0.1, -0.05) is 12.1 Å². The molecule has 4 nitrogen and oxygen atoms in total. The molecule has 2 N–H and O–H groups in total. The van der Waals surface area contributed by atoms with Crippen LogP contribution in [0.15, 0.2) is 24.3 Å². The van der Waals surface area contributed by atoms with Crippen LogP contribution in [0.1, 0.15) is 25.7 Å². The molecule has 1 aliphatic carbocycles. The number of nitrogens with one attached hydrogen (secondary N) is 1. The van der Waals surface area contributed by atoms with E-state index in [2.05, 4.69) is 5.32 Å². The van der Waals surface area contributed by atoms with E-state index < -0.39 is 5.82 Å². The molecule has 0 atom stereocenters. The third-order valence-corrected chi connectivity index (χ3v) is 3.17. The third-order valence-electron chi connectivity index (χ3n) is 3.17. The van der Waals surface area contributed by atoms with Crippen LogP contribution >= 0.6 is 0 Å². The molecule has 1 aromatic rings. The number of unbranched alkanes of at least 4 members (excludes halogenated alkanes) is 1. The lowest BCUT2D eigenvalue weighted by Gasteiger charge is -2.22. The van der Waals surface area contributed by atoms with E-state index in [-0.39, 0.29) is 24.4 Å². The van der Waals surface area contributed by atoms with Gasteiger partial charge in [-0.3, -0.25) is 0 Å². The Morgan fingerprint density at radius 2 is 2.11 bits per heavy atom. The number of hydrogen-bond donors (Lipinski definition) is 2. The van der Waals surface area contributed by atoms with E-state index in [0.29, 0.717) is 13.0 Å². The third kappa shape index (κ3) is 3.92. The summed E-state index contributed by atoms with van der Waals surface area (Å²) < 4.78 is 13.5. The van der Waals surface area contributed by atoms with Crippen molar-refractivity contribution in [3.8, 4) is 0 Å². The highest BCUT2D eigenvalue weighted by molar-refractivity contribution is 5.89. The molecule has 5 heteroatoms. The first-order valence-electron chi connectivity index (χ1n) is 6.65. The summed E-state index contributed by atoms with van der Waals surface area (Å²) in [6.45, 7) is 0.735. The predicted octanol–water partition coefficient (Wildman–Crippen LogP) is 2.59. The zero-order valence-corrected chi connectivity index (χ0v) is 10.8. The van der Waals surface area contributed by atoms with E-state index in [0.717, 1.165) is 19.3 Å². The normalized spacial score (nSPS) is 14.2. The number of urea groups is 1. The monoisotopic (exact) mass is 266 g/mol. The first kappa shape index (κ1) is 13.8. The van der Waals surface area contributed by atoms with Gasteiger partial charge in [0, 0.05) is 19.2 Å². The molecule has 0 aliphatic heterocycles. The summed E-state index contributed by atoms with van der Waals surface area (Å²) in [5.41, 5.74) is 0.209. The van der Waals surface area contributed by atoms with E-state index in [9.17, 15) is 9.18 Å². The summed E-state index contributed by atoms with van der Waals surface area (Å²) >= 11 is 0. The van der Waals surface area contributed by atoms with Gasteiger partial charge in [0.1, 0.15) is 5.82 Å². The number of benzene rings is 1. The number of rotatable bonds is 6. The van der Waals surface area contributed by atoms with Crippen molar-refractivity contribution in [2.45, 2.75) is 31.7 Å². The van der Waals surface area contributed by atoms with Crippen LogP contribution in [0.3, 0.4) is 0 Å². The van der Waals surface area contributed by atoms with Gasteiger partial charge in [0.15, 0.2) is 0 Å². The van der Waals surface area contributed by atoms with Crippen molar-refractivity contribution in [3.63, 3.8) is 0 Å². The Balaban J connectivity index is 1.94. The number of aliphatic hydroxyl groups excluding tert-OH is 1. The van der Waals surface area contributed by atoms with Gasteiger partial charge in [-0.25, -0.2) is 9.18 Å². The first-order valence-corrected chi connectivity index (χ1v) is 6.65. The van der Waals surface area contributed by atoms with Crippen LogP contribution in [0, 0.1) is 5.82 Å². The lowest BCUT2D eigenvalue weighted by Crippen LogP contribution is -2.37. The van der Waals surface area contributed by atoms with Gasteiger partial charge in [-0.05, 0) is 37.8 Å². The number of carbonyl (C=O) groups is 1. The Labute approximate surface area is 112 Å². The average Bonchev–Trinajstić information content (AvgIpc) is 3.22. The first-order chi connectivity index (χ1) is 9.22. The van der Waals surface area contributed by atoms with Crippen molar-refractivity contribution in [3.05, 3.63) is 30.1 Å². The van der Waals surface area contributed by atoms with Crippen molar-refractivity contribution in [2.24, 2.45) is 0 Å². The molecule has 0 saturated heterocycles. The Hall–Kier alpha value is -1.62. The zero-order chi connectivity index (χ0) is 13.7.